The third-order valence-electron chi connectivity index (χ3n) is 2.30. The van der Waals surface area contributed by atoms with E-state index in [1.54, 1.807) is 0 Å². The van der Waals surface area contributed by atoms with Crippen LogP contribution in [0.3, 0.4) is 0 Å². The molecule has 0 saturated heterocycles. The lowest BCUT2D eigenvalue weighted by molar-refractivity contribution is -0.139. The first-order chi connectivity index (χ1) is 7.17. The fourth-order valence-corrected chi connectivity index (χ4v) is 1.32. The van der Waals surface area contributed by atoms with Crippen LogP contribution in [0.25, 0.3) is 0 Å². The highest BCUT2D eigenvalue weighted by Crippen LogP contribution is 2.35. The van der Waals surface area contributed by atoms with Crippen molar-refractivity contribution in [2.45, 2.75) is 18.6 Å². The number of alkyl halides is 3. The average Bonchev–Trinajstić information content (AvgIpc) is 2.16. The second-order valence-corrected chi connectivity index (χ2v) is 3.61. The smallest absolute Gasteiger partial charge is 0.368 e. The lowest BCUT2D eigenvalue weighted by Crippen LogP contribution is -2.47. The SMILES string of the molecule is CC(N)(C(N)=O)c1ccccc1C(F)(F)F. The maximum atomic E-state index is 12.6. The summed E-state index contributed by atoms with van der Waals surface area (Å²) in [5, 5.41) is 0. The molecule has 16 heavy (non-hydrogen) atoms. The molecule has 0 saturated carbocycles. The minimum absolute atomic E-state index is 0.324. The van der Waals surface area contributed by atoms with E-state index in [1.807, 2.05) is 0 Å². The van der Waals surface area contributed by atoms with Crippen LogP contribution in [0.15, 0.2) is 24.3 Å². The van der Waals surface area contributed by atoms with Gasteiger partial charge in [0, 0.05) is 0 Å². The Bertz CT molecular complexity index is 413. The summed E-state index contributed by atoms with van der Waals surface area (Å²) in [4.78, 5) is 11.0. The Hall–Kier alpha value is -1.56. The molecule has 3 nitrogen and oxygen atoms in total. The Labute approximate surface area is 90.2 Å². The number of halogens is 3. The van der Waals surface area contributed by atoms with Gasteiger partial charge < -0.3 is 11.5 Å². The minimum Gasteiger partial charge on any atom is -0.368 e. The van der Waals surface area contributed by atoms with Crippen molar-refractivity contribution in [3.63, 3.8) is 0 Å². The van der Waals surface area contributed by atoms with E-state index in [1.165, 1.54) is 12.1 Å². The van der Waals surface area contributed by atoms with Crippen molar-refractivity contribution in [3.05, 3.63) is 35.4 Å². The zero-order valence-corrected chi connectivity index (χ0v) is 8.51. The predicted octanol–water partition coefficient (Wildman–Crippen LogP) is 1.36. The van der Waals surface area contributed by atoms with Gasteiger partial charge in [0.15, 0.2) is 0 Å². The molecule has 0 aliphatic heterocycles. The highest BCUT2D eigenvalue weighted by molar-refractivity contribution is 5.85. The zero-order chi connectivity index (χ0) is 12.6. The zero-order valence-electron chi connectivity index (χ0n) is 8.51. The van der Waals surface area contributed by atoms with Crippen LogP contribution in [-0.2, 0) is 16.5 Å². The quantitative estimate of drug-likeness (QED) is 0.808. The van der Waals surface area contributed by atoms with Gasteiger partial charge in [-0.2, -0.15) is 13.2 Å². The number of hydrogen-bond acceptors (Lipinski definition) is 2. The molecular weight excluding hydrogens is 221 g/mol. The molecule has 1 amide bonds. The van der Waals surface area contributed by atoms with Crippen molar-refractivity contribution < 1.29 is 18.0 Å². The fraction of sp³-hybridized carbons (Fsp3) is 0.300. The van der Waals surface area contributed by atoms with Gasteiger partial charge in [-0.25, -0.2) is 0 Å². The molecule has 1 unspecified atom stereocenters. The van der Waals surface area contributed by atoms with Crippen molar-refractivity contribution in [3.8, 4) is 0 Å². The van der Waals surface area contributed by atoms with Crippen LogP contribution in [0.4, 0.5) is 13.2 Å². The van der Waals surface area contributed by atoms with Gasteiger partial charge in [-0.3, -0.25) is 4.79 Å². The standard InChI is InChI=1S/C10H11F3N2O/c1-9(15,8(14)16)6-4-2-3-5-7(6)10(11,12)13/h2-5H,15H2,1H3,(H2,14,16). The molecule has 0 radical (unpaired) electrons. The fourth-order valence-electron chi connectivity index (χ4n) is 1.32. The first-order valence-electron chi connectivity index (χ1n) is 4.43. The largest absolute Gasteiger partial charge is 0.416 e. The van der Waals surface area contributed by atoms with Crippen LogP contribution in [-0.4, -0.2) is 5.91 Å². The van der Waals surface area contributed by atoms with Crippen LogP contribution in [0.1, 0.15) is 18.1 Å². The summed E-state index contributed by atoms with van der Waals surface area (Å²) in [5.74, 6) is -1.01. The Kier molecular flexibility index (Phi) is 2.96. The number of nitrogens with two attached hydrogens (primary N) is 2. The van der Waals surface area contributed by atoms with Gasteiger partial charge in [0.05, 0.1) is 5.56 Å². The van der Waals surface area contributed by atoms with Gasteiger partial charge in [-0.05, 0) is 18.6 Å². The van der Waals surface area contributed by atoms with E-state index >= 15 is 0 Å². The van der Waals surface area contributed by atoms with Crippen LogP contribution >= 0.6 is 0 Å². The van der Waals surface area contributed by atoms with E-state index < -0.39 is 23.2 Å². The first kappa shape index (κ1) is 12.5. The van der Waals surface area contributed by atoms with Crippen molar-refractivity contribution in [1.82, 2.24) is 0 Å². The summed E-state index contributed by atoms with van der Waals surface area (Å²) < 4.78 is 37.9. The number of carbonyl (C=O) groups is 1. The molecule has 1 rings (SSSR count). The lowest BCUT2D eigenvalue weighted by Gasteiger charge is -2.24. The summed E-state index contributed by atoms with van der Waals surface area (Å²) in [6.45, 7) is 1.15. The first-order valence-corrected chi connectivity index (χ1v) is 4.43. The van der Waals surface area contributed by atoms with E-state index in [9.17, 15) is 18.0 Å². The average molecular weight is 232 g/mol. The highest BCUT2D eigenvalue weighted by Gasteiger charge is 2.40. The molecule has 0 aliphatic rings. The van der Waals surface area contributed by atoms with Crippen molar-refractivity contribution in [2.75, 3.05) is 0 Å². The normalized spacial score (nSPS) is 15.6. The van der Waals surface area contributed by atoms with Crippen LogP contribution < -0.4 is 11.5 Å². The number of amides is 1. The van der Waals surface area contributed by atoms with Crippen molar-refractivity contribution in [1.29, 1.82) is 0 Å². The summed E-state index contributed by atoms with van der Waals surface area (Å²) >= 11 is 0. The molecule has 0 aromatic heterocycles. The molecule has 1 atom stereocenters. The molecule has 1 aromatic carbocycles. The van der Waals surface area contributed by atoms with Gasteiger partial charge in [-0.15, -0.1) is 0 Å². The number of carbonyl (C=O) groups excluding carboxylic acids is 1. The van der Waals surface area contributed by atoms with E-state index in [2.05, 4.69) is 0 Å². The molecule has 88 valence electrons. The van der Waals surface area contributed by atoms with Crippen LogP contribution in [0, 0.1) is 0 Å². The van der Waals surface area contributed by atoms with Gasteiger partial charge >= 0.3 is 6.18 Å². The Morgan fingerprint density at radius 2 is 1.62 bits per heavy atom. The number of primary amides is 1. The van der Waals surface area contributed by atoms with E-state index in [0.717, 1.165) is 19.1 Å². The molecule has 0 bridgehead atoms. The number of hydrogen-bond donors (Lipinski definition) is 2. The molecule has 1 aromatic rings. The second-order valence-electron chi connectivity index (χ2n) is 3.61. The monoisotopic (exact) mass is 232 g/mol. The molecule has 0 aliphatic carbocycles. The third kappa shape index (κ3) is 2.16. The Balaban J connectivity index is 3.41. The predicted molar refractivity (Wildman–Crippen MR) is 52.2 cm³/mol. The molecule has 0 heterocycles. The summed E-state index contributed by atoms with van der Waals surface area (Å²) in [5.41, 5.74) is 7.38. The Morgan fingerprint density at radius 1 is 1.19 bits per heavy atom. The molecule has 4 N–H and O–H groups in total. The number of rotatable bonds is 2. The maximum Gasteiger partial charge on any atom is 0.416 e. The third-order valence-corrected chi connectivity index (χ3v) is 2.30. The second kappa shape index (κ2) is 3.79. The van der Waals surface area contributed by atoms with Crippen LogP contribution in [0.2, 0.25) is 0 Å². The van der Waals surface area contributed by atoms with Gasteiger partial charge in [0.1, 0.15) is 5.54 Å². The lowest BCUT2D eigenvalue weighted by atomic mass is 9.88. The van der Waals surface area contributed by atoms with Gasteiger partial charge in [0.25, 0.3) is 0 Å². The molecule has 0 fully saturated rings. The number of benzene rings is 1. The highest BCUT2D eigenvalue weighted by atomic mass is 19.4. The molecular formula is C10H11F3N2O. The van der Waals surface area contributed by atoms with Crippen LogP contribution in [0.5, 0.6) is 0 Å². The summed E-state index contributed by atoms with van der Waals surface area (Å²) in [7, 11) is 0. The molecule has 0 spiro atoms. The van der Waals surface area contributed by atoms with E-state index in [0.29, 0.717) is 0 Å². The van der Waals surface area contributed by atoms with Gasteiger partial charge in [-0.1, -0.05) is 18.2 Å². The van der Waals surface area contributed by atoms with E-state index in [-0.39, 0.29) is 5.56 Å². The summed E-state index contributed by atoms with van der Waals surface area (Å²) in [6.07, 6.45) is -4.56. The van der Waals surface area contributed by atoms with Crippen molar-refractivity contribution in [2.24, 2.45) is 11.5 Å². The van der Waals surface area contributed by atoms with Crippen molar-refractivity contribution >= 4 is 5.91 Å². The summed E-state index contributed by atoms with van der Waals surface area (Å²) in [6, 6.07) is 4.61. The van der Waals surface area contributed by atoms with E-state index in [4.69, 9.17) is 11.5 Å². The maximum absolute atomic E-state index is 12.6. The van der Waals surface area contributed by atoms with Gasteiger partial charge in [0.2, 0.25) is 5.91 Å². The topological polar surface area (TPSA) is 69.1 Å². The Morgan fingerprint density at radius 3 is 2.00 bits per heavy atom. The minimum atomic E-state index is -4.56. The molecule has 6 heteroatoms.